The van der Waals surface area contributed by atoms with E-state index >= 15 is 4.39 Å². The van der Waals surface area contributed by atoms with Gasteiger partial charge in [-0.05, 0) is 12.1 Å². The zero-order valence-electron chi connectivity index (χ0n) is 21.2. The van der Waals surface area contributed by atoms with Crippen molar-refractivity contribution in [2.45, 2.75) is 31.7 Å². The summed E-state index contributed by atoms with van der Waals surface area (Å²) in [6.45, 7) is 2.10. The van der Waals surface area contributed by atoms with E-state index in [1.54, 1.807) is 24.6 Å². The van der Waals surface area contributed by atoms with Gasteiger partial charge in [0.2, 0.25) is 0 Å². The summed E-state index contributed by atoms with van der Waals surface area (Å²) in [5.41, 5.74) is -0.248. The molecule has 6 rings (SSSR count). The molecule has 1 aliphatic heterocycles. The molecule has 0 aliphatic carbocycles. The Hall–Kier alpha value is -4.87. The van der Waals surface area contributed by atoms with Crippen LogP contribution >= 0.6 is 0 Å². The molecule has 15 heteroatoms. The van der Waals surface area contributed by atoms with Gasteiger partial charge in [-0.15, -0.1) is 28.5 Å². The summed E-state index contributed by atoms with van der Waals surface area (Å²) in [5, 5.41) is 21.5. The van der Waals surface area contributed by atoms with E-state index in [2.05, 4.69) is 31.3 Å². The van der Waals surface area contributed by atoms with Crippen molar-refractivity contribution in [3.8, 4) is 28.8 Å². The second-order valence-corrected chi connectivity index (χ2v) is 9.50. The molecule has 1 saturated heterocycles. The summed E-state index contributed by atoms with van der Waals surface area (Å²) >= 11 is 0. The van der Waals surface area contributed by atoms with Gasteiger partial charge in [0.05, 0.1) is 23.1 Å². The Bertz CT molecular complexity index is 1770. The Morgan fingerprint density at radius 2 is 1.90 bits per heavy atom. The minimum absolute atomic E-state index is 0.0720. The fraction of sp³-hybridized carbons (Fsp3) is 0.320. The van der Waals surface area contributed by atoms with Crippen LogP contribution in [0.15, 0.2) is 41.5 Å². The molecule has 0 amide bonds. The Kier molecular flexibility index (Phi) is 5.79. The summed E-state index contributed by atoms with van der Waals surface area (Å²) in [6.07, 6.45) is 0.521. The lowest BCUT2D eigenvalue weighted by atomic mass is 9.91. The van der Waals surface area contributed by atoms with Crippen LogP contribution in [0.25, 0.3) is 33.7 Å². The summed E-state index contributed by atoms with van der Waals surface area (Å²) in [6, 6.07) is 5.21. The Labute approximate surface area is 223 Å². The predicted octanol–water partition coefficient (Wildman–Crippen LogP) is 4.40. The molecule has 5 aromatic heterocycles. The first-order chi connectivity index (χ1) is 19.1. The smallest absolute Gasteiger partial charge is 0.439 e. The van der Waals surface area contributed by atoms with Crippen molar-refractivity contribution in [3.05, 3.63) is 54.3 Å². The molecular formula is C25H20F4N10O. The number of aromatic nitrogens is 8. The minimum atomic E-state index is -4.71. The summed E-state index contributed by atoms with van der Waals surface area (Å²) in [5.74, 6) is 0.922. The molecule has 11 nitrogen and oxygen atoms in total. The maximum absolute atomic E-state index is 15.9. The number of fused-ring (bicyclic) bond motifs is 1. The molecule has 0 saturated carbocycles. The van der Waals surface area contributed by atoms with Gasteiger partial charge in [0.15, 0.2) is 28.8 Å². The SMILES string of the molecule is Cc1ncc(-c2cc(C#N)c(N3CCC(F)(c4nncn4C)CC3)c(-c3cnc4nn(C(F)(F)F)cc4c3)n2)o1. The van der Waals surface area contributed by atoms with Crippen LogP contribution in [0.5, 0.6) is 0 Å². The van der Waals surface area contributed by atoms with E-state index in [1.165, 1.54) is 24.8 Å². The van der Waals surface area contributed by atoms with Crippen LogP contribution in [-0.2, 0) is 19.0 Å². The van der Waals surface area contributed by atoms with Gasteiger partial charge < -0.3 is 13.9 Å². The number of halogens is 4. The van der Waals surface area contributed by atoms with Gasteiger partial charge in [0.25, 0.3) is 0 Å². The average Bonchev–Trinajstić information content (AvgIpc) is 3.67. The Morgan fingerprint density at radius 1 is 1.12 bits per heavy atom. The van der Waals surface area contributed by atoms with E-state index in [0.717, 1.165) is 6.20 Å². The number of aryl methyl sites for hydroxylation is 2. The standard InChI is InChI=1S/C25H20F4N10O/c1-14-31-11-19(40-14)18-8-15(9-30)21(38-5-3-24(26,4-6-38)23-35-33-13-37(23)2)20(34-18)16-7-17-12-39(25(27,28)29)36-22(17)32-10-16/h7-8,10-13H,3-6H2,1-2H3. The summed E-state index contributed by atoms with van der Waals surface area (Å²) in [7, 11) is 1.67. The number of oxazole rings is 1. The van der Waals surface area contributed by atoms with Crippen molar-refractivity contribution in [1.29, 1.82) is 5.26 Å². The number of anilines is 1. The van der Waals surface area contributed by atoms with Gasteiger partial charge in [0.1, 0.15) is 18.1 Å². The normalized spacial score (nSPS) is 15.5. The topological polar surface area (TPSA) is 127 Å². The van der Waals surface area contributed by atoms with Crippen LogP contribution in [0.2, 0.25) is 0 Å². The highest BCUT2D eigenvalue weighted by atomic mass is 19.4. The molecule has 40 heavy (non-hydrogen) atoms. The Morgan fingerprint density at radius 3 is 2.52 bits per heavy atom. The molecule has 204 valence electrons. The van der Waals surface area contributed by atoms with E-state index in [0.29, 0.717) is 28.6 Å². The van der Waals surface area contributed by atoms with Gasteiger partial charge in [-0.2, -0.15) is 9.94 Å². The number of piperidine rings is 1. The maximum Gasteiger partial charge on any atom is 0.504 e. The number of hydrogen-bond donors (Lipinski definition) is 0. The van der Waals surface area contributed by atoms with Crippen LogP contribution in [-0.4, -0.2) is 52.6 Å². The molecule has 1 fully saturated rings. The van der Waals surface area contributed by atoms with Crippen LogP contribution in [0.3, 0.4) is 0 Å². The second kappa shape index (κ2) is 9.11. The molecule has 0 aromatic carbocycles. The van der Waals surface area contributed by atoms with E-state index < -0.39 is 12.0 Å². The number of rotatable bonds is 4. The van der Waals surface area contributed by atoms with Crippen molar-refractivity contribution in [1.82, 2.24) is 39.5 Å². The number of alkyl halides is 4. The lowest BCUT2D eigenvalue weighted by Crippen LogP contribution is -2.42. The van der Waals surface area contributed by atoms with Crippen LogP contribution in [0, 0.1) is 18.3 Å². The fourth-order valence-electron chi connectivity index (χ4n) is 4.92. The third-order valence-corrected chi connectivity index (χ3v) is 6.86. The van der Waals surface area contributed by atoms with Gasteiger partial charge in [-0.3, -0.25) is 0 Å². The molecule has 6 heterocycles. The lowest BCUT2D eigenvalue weighted by molar-refractivity contribution is -0.211. The first-order valence-corrected chi connectivity index (χ1v) is 12.1. The van der Waals surface area contributed by atoms with Crippen molar-refractivity contribution < 1.29 is 22.0 Å². The monoisotopic (exact) mass is 552 g/mol. The molecule has 0 N–H and O–H groups in total. The predicted molar refractivity (Wildman–Crippen MR) is 132 cm³/mol. The number of hydrogen-bond acceptors (Lipinski definition) is 9. The van der Waals surface area contributed by atoms with Crippen molar-refractivity contribution in [2.24, 2.45) is 7.05 Å². The van der Waals surface area contributed by atoms with E-state index in [1.807, 2.05) is 4.90 Å². The average molecular weight is 552 g/mol. The maximum atomic E-state index is 15.9. The second-order valence-electron chi connectivity index (χ2n) is 9.50. The number of nitrogens with zero attached hydrogens (tertiary/aromatic N) is 10. The fourth-order valence-corrected chi connectivity index (χ4v) is 4.92. The van der Waals surface area contributed by atoms with Crippen LogP contribution in [0.1, 0.15) is 30.1 Å². The zero-order valence-corrected chi connectivity index (χ0v) is 21.2. The van der Waals surface area contributed by atoms with E-state index in [-0.39, 0.29) is 58.7 Å². The van der Waals surface area contributed by atoms with Crippen LogP contribution < -0.4 is 4.90 Å². The quantitative estimate of drug-likeness (QED) is 0.298. The van der Waals surface area contributed by atoms with Gasteiger partial charge in [0, 0.05) is 63.2 Å². The van der Waals surface area contributed by atoms with Crippen molar-refractivity contribution >= 4 is 16.7 Å². The lowest BCUT2D eigenvalue weighted by Gasteiger charge is -2.37. The highest BCUT2D eigenvalue weighted by molar-refractivity contribution is 5.87. The molecule has 0 spiro atoms. The molecular weight excluding hydrogens is 532 g/mol. The molecule has 1 aliphatic rings. The minimum Gasteiger partial charge on any atom is -0.439 e. The molecule has 0 atom stereocenters. The zero-order chi connectivity index (χ0) is 28.2. The number of pyridine rings is 2. The largest absolute Gasteiger partial charge is 0.504 e. The third-order valence-electron chi connectivity index (χ3n) is 6.86. The first kappa shape index (κ1) is 25.4. The van der Waals surface area contributed by atoms with Crippen LogP contribution in [0.4, 0.5) is 23.2 Å². The molecule has 5 aromatic rings. The molecule has 0 radical (unpaired) electrons. The molecule has 0 unspecified atom stereocenters. The van der Waals surface area contributed by atoms with Gasteiger partial charge >= 0.3 is 6.30 Å². The number of nitriles is 1. The third kappa shape index (κ3) is 4.31. The van der Waals surface area contributed by atoms with E-state index in [4.69, 9.17) is 9.40 Å². The van der Waals surface area contributed by atoms with Gasteiger partial charge in [-0.25, -0.2) is 19.3 Å². The van der Waals surface area contributed by atoms with Crippen molar-refractivity contribution in [2.75, 3.05) is 18.0 Å². The summed E-state index contributed by atoms with van der Waals surface area (Å²) < 4.78 is 62.7. The highest BCUT2D eigenvalue weighted by Gasteiger charge is 2.41. The first-order valence-electron chi connectivity index (χ1n) is 12.1. The summed E-state index contributed by atoms with van der Waals surface area (Å²) in [4.78, 5) is 14.8. The van der Waals surface area contributed by atoms with Crippen molar-refractivity contribution in [3.63, 3.8) is 0 Å². The highest BCUT2D eigenvalue weighted by Crippen LogP contribution is 2.42. The van der Waals surface area contributed by atoms with E-state index in [9.17, 15) is 18.4 Å². The molecule has 0 bridgehead atoms. The Balaban J connectivity index is 1.47. The van der Waals surface area contributed by atoms with Gasteiger partial charge in [-0.1, -0.05) is 0 Å².